The van der Waals surface area contributed by atoms with Crippen LogP contribution in [0.4, 0.5) is 5.69 Å². The Morgan fingerprint density at radius 3 is 2.68 bits per heavy atom. The molecule has 0 saturated heterocycles. The lowest BCUT2D eigenvalue weighted by molar-refractivity contribution is 0.102. The van der Waals surface area contributed by atoms with Gasteiger partial charge in [-0.15, -0.1) is 0 Å². The van der Waals surface area contributed by atoms with Crippen LogP contribution in [0.5, 0.6) is 5.75 Å². The van der Waals surface area contributed by atoms with Gasteiger partial charge in [-0.2, -0.15) is 0 Å². The third-order valence-electron chi connectivity index (χ3n) is 5.72. The number of ether oxygens (including phenoxy) is 1. The first kappa shape index (κ1) is 19.1. The number of aromatic nitrogens is 1. The van der Waals surface area contributed by atoms with E-state index < -0.39 is 0 Å². The molecule has 31 heavy (non-hydrogen) atoms. The largest absolute Gasteiger partial charge is 0.489 e. The maximum Gasteiger partial charge on any atom is 0.255 e. The predicted molar refractivity (Wildman–Crippen MR) is 119 cm³/mol. The summed E-state index contributed by atoms with van der Waals surface area (Å²) in [5.41, 5.74) is 8.09. The molecule has 1 aliphatic rings. The van der Waals surface area contributed by atoms with Crippen molar-refractivity contribution in [2.45, 2.75) is 26.9 Å². The molecule has 0 bridgehead atoms. The molecule has 1 N–H and O–H groups in total. The monoisotopic (exact) mass is 410 g/mol. The van der Waals surface area contributed by atoms with Gasteiger partial charge in [0.2, 0.25) is 0 Å². The fourth-order valence-electron chi connectivity index (χ4n) is 4.00. The van der Waals surface area contributed by atoms with Crippen molar-refractivity contribution in [3.63, 3.8) is 0 Å². The summed E-state index contributed by atoms with van der Waals surface area (Å²) in [4.78, 5) is 12.9. The summed E-state index contributed by atoms with van der Waals surface area (Å²) >= 11 is 0. The summed E-state index contributed by atoms with van der Waals surface area (Å²) in [6.07, 6.45) is 0.935. The fourth-order valence-corrected chi connectivity index (χ4v) is 4.00. The summed E-state index contributed by atoms with van der Waals surface area (Å²) in [7, 11) is 0. The third-order valence-corrected chi connectivity index (χ3v) is 5.72. The number of benzene rings is 3. The van der Waals surface area contributed by atoms with Gasteiger partial charge in [-0.1, -0.05) is 41.6 Å². The predicted octanol–water partition coefficient (Wildman–Crippen LogP) is 5.69. The van der Waals surface area contributed by atoms with Crippen molar-refractivity contribution < 1.29 is 14.1 Å². The van der Waals surface area contributed by atoms with Crippen molar-refractivity contribution >= 4 is 11.6 Å². The van der Waals surface area contributed by atoms with Gasteiger partial charge in [0.05, 0.1) is 11.3 Å². The lowest BCUT2D eigenvalue weighted by Gasteiger charge is -2.10. The highest BCUT2D eigenvalue weighted by Crippen LogP contribution is 2.37. The molecule has 4 aromatic rings. The second kappa shape index (κ2) is 7.76. The zero-order chi connectivity index (χ0) is 21.4. The van der Waals surface area contributed by atoms with Crippen molar-refractivity contribution in [2.24, 2.45) is 0 Å². The quantitative estimate of drug-likeness (QED) is 0.404. The molecule has 1 aliphatic carbocycles. The molecule has 1 aromatic heterocycles. The Bertz CT molecular complexity index is 1270. The molecule has 5 heteroatoms. The maximum absolute atomic E-state index is 12.9. The topological polar surface area (TPSA) is 64.4 Å². The highest BCUT2D eigenvalue weighted by atomic mass is 16.5. The molecular weight excluding hydrogens is 388 g/mol. The van der Waals surface area contributed by atoms with Gasteiger partial charge < -0.3 is 14.6 Å². The van der Waals surface area contributed by atoms with Gasteiger partial charge in [-0.3, -0.25) is 4.79 Å². The van der Waals surface area contributed by atoms with E-state index in [4.69, 9.17) is 9.26 Å². The fraction of sp³-hybridized carbons (Fsp3) is 0.154. The van der Waals surface area contributed by atoms with Crippen LogP contribution < -0.4 is 10.1 Å². The van der Waals surface area contributed by atoms with Crippen LogP contribution in [0.1, 0.15) is 38.5 Å². The minimum absolute atomic E-state index is 0.172. The first-order chi connectivity index (χ1) is 15.1. The minimum atomic E-state index is -0.172. The molecule has 5 nitrogen and oxygen atoms in total. The Hall–Kier alpha value is -3.86. The number of nitrogens with zero attached hydrogens (tertiary/aromatic N) is 1. The normalized spacial score (nSPS) is 11.7. The highest BCUT2D eigenvalue weighted by Gasteiger charge is 2.18. The molecule has 0 fully saturated rings. The van der Waals surface area contributed by atoms with Crippen molar-refractivity contribution in [1.29, 1.82) is 0 Å². The zero-order valence-corrected chi connectivity index (χ0v) is 17.4. The molecule has 1 amide bonds. The summed E-state index contributed by atoms with van der Waals surface area (Å²) in [6.45, 7) is 4.09. The molecule has 3 aromatic carbocycles. The lowest BCUT2D eigenvalue weighted by Crippen LogP contribution is -2.12. The van der Waals surface area contributed by atoms with Crippen molar-refractivity contribution in [3.8, 4) is 16.9 Å². The highest BCUT2D eigenvalue weighted by molar-refractivity contribution is 6.05. The van der Waals surface area contributed by atoms with E-state index in [2.05, 4.69) is 40.8 Å². The first-order valence-corrected chi connectivity index (χ1v) is 10.3. The molecule has 0 radical (unpaired) electrons. The number of aryl methyl sites for hydroxylation is 2. The summed E-state index contributed by atoms with van der Waals surface area (Å²) < 4.78 is 11.0. The van der Waals surface area contributed by atoms with E-state index in [9.17, 15) is 4.79 Å². The van der Waals surface area contributed by atoms with Crippen LogP contribution in [0, 0.1) is 13.8 Å². The van der Waals surface area contributed by atoms with Gasteiger partial charge in [0.1, 0.15) is 18.1 Å². The maximum atomic E-state index is 12.9. The lowest BCUT2D eigenvalue weighted by atomic mass is 10.1. The summed E-state index contributed by atoms with van der Waals surface area (Å²) in [5, 5.41) is 6.96. The zero-order valence-electron chi connectivity index (χ0n) is 17.4. The van der Waals surface area contributed by atoms with E-state index in [1.54, 1.807) is 12.1 Å². The smallest absolute Gasteiger partial charge is 0.255 e. The van der Waals surface area contributed by atoms with Gasteiger partial charge in [-0.05, 0) is 72.9 Å². The SMILES string of the molecule is Cc1noc(C)c1COc1cccc(C(=O)Nc2ccc3c(c2)-c2ccccc2C3)c1. The van der Waals surface area contributed by atoms with Crippen LogP contribution in [0.15, 0.2) is 71.3 Å². The third kappa shape index (κ3) is 3.70. The molecule has 0 saturated carbocycles. The van der Waals surface area contributed by atoms with Gasteiger partial charge in [0.25, 0.3) is 5.91 Å². The van der Waals surface area contributed by atoms with Crippen LogP contribution in [-0.4, -0.2) is 11.1 Å². The number of amides is 1. The van der Waals surface area contributed by atoms with Crippen LogP contribution in [0.2, 0.25) is 0 Å². The van der Waals surface area contributed by atoms with Crippen molar-refractivity contribution in [2.75, 3.05) is 5.32 Å². The van der Waals surface area contributed by atoms with E-state index in [0.717, 1.165) is 29.1 Å². The van der Waals surface area contributed by atoms with Gasteiger partial charge in [0, 0.05) is 11.3 Å². The Morgan fingerprint density at radius 1 is 1.00 bits per heavy atom. The van der Waals surface area contributed by atoms with E-state index >= 15 is 0 Å². The van der Waals surface area contributed by atoms with Crippen LogP contribution in [0.25, 0.3) is 11.1 Å². The second-order valence-electron chi connectivity index (χ2n) is 7.78. The number of hydrogen-bond donors (Lipinski definition) is 1. The molecule has 5 rings (SSSR count). The number of carbonyl (C=O) groups excluding carboxylic acids is 1. The number of hydrogen-bond acceptors (Lipinski definition) is 4. The Labute approximate surface area is 180 Å². The number of nitrogens with one attached hydrogen (secondary N) is 1. The van der Waals surface area contributed by atoms with E-state index in [-0.39, 0.29) is 5.91 Å². The Balaban J connectivity index is 1.31. The van der Waals surface area contributed by atoms with E-state index in [0.29, 0.717) is 17.9 Å². The molecule has 1 heterocycles. The van der Waals surface area contributed by atoms with E-state index in [1.807, 2.05) is 38.1 Å². The molecule has 0 aliphatic heterocycles. The van der Waals surface area contributed by atoms with Crippen molar-refractivity contribution in [1.82, 2.24) is 5.16 Å². The summed E-state index contributed by atoms with van der Waals surface area (Å²) in [5.74, 6) is 1.19. The van der Waals surface area contributed by atoms with Crippen LogP contribution >= 0.6 is 0 Å². The summed E-state index contributed by atoms with van der Waals surface area (Å²) in [6, 6.07) is 21.7. The number of carbonyl (C=O) groups is 1. The average Bonchev–Trinajstić information content (AvgIpc) is 3.31. The Kier molecular flexibility index (Phi) is 4.79. The number of fused-ring (bicyclic) bond motifs is 3. The molecule has 0 spiro atoms. The number of anilines is 1. The van der Waals surface area contributed by atoms with Gasteiger partial charge in [-0.25, -0.2) is 0 Å². The van der Waals surface area contributed by atoms with Gasteiger partial charge >= 0.3 is 0 Å². The average molecular weight is 410 g/mol. The van der Waals surface area contributed by atoms with Crippen LogP contribution in [0.3, 0.4) is 0 Å². The number of rotatable bonds is 5. The molecule has 0 unspecified atom stereocenters. The minimum Gasteiger partial charge on any atom is -0.489 e. The molecule has 0 atom stereocenters. The van der Waals surface area contributed by atoms with Gasteiger partial charge in [0.15, 0.2) is 0 Å². The second-order valence-corrected chi connectivity index (χ2v) is 7.78. The van der Waals surface area contributed by atoms with Crippen LogP contribution in [-0.2, 0) is 13.0 Å². The van der Waals surface area contributed by atoms with E-state index in [1.165, 1.54) is 22.3 Å². The molecular formula is C26H22N2O3. The van der Waals surface area contributed by atoms with Crippen molar-refractivity contribution in [3.05, 3.63) is 100 Å². The first-order valence-electron chi connectivity index (χ1n) is 10.3. The Morgan fingerprint density at radius 2 is 1.84 bits per heavy atom. The molecule has 154 valence electrons. The standard InChI is InChI=1S/C26H22N2O3/c1-16-25(17(2)31-28-16)15-30-22-8-5-7-20(13-22)26(29)27-21-11-10-19-12-18-6-3-4-9-23(18)24(19)14-21/h3-11,13-14H,12,15H2,1-2H3,(H,27,29).